The molecule has 0 amide bonds. The van der Waals surface area contributed by atoms with E-state index in [0.717, 1.165) is 0 Å². The molecular formula is C18H25NO6. The molecule has 0 aliphatic heterocycles. The molecule has 0 aromatic heterocycles. The first-order valence-corrected chi connectivity index (χ1v) is 8.04. The molecule has 0 radical (unpaired) electrons. The fourth-order valence-electron chi connectivity index (χ4n) is 2.89. The number of nitrogens with zero attached hydrogens (tertiary/aromatic N) is 1. The van der Waals surface area contributed by atoms with Crippen LogP contribution in [0.1, 0.15) is 31.7 Å². The highest BCUT2D eigenvalue weighted by Crippen LogP contribution is 2.40. The molecule has 0 heterocycles. The fourth-order valence-corrected chi connectivity index (χ4v) is 2.89. The Labute approximate surface area is 147 Å². The summed E-state index contributed by atoms with van der Waals surface area (Å²) in [7, 11) is 3.00. The number of hydrogen-bond donors (Lipinski definition) is 0. The van der Waals surface area contributed by atoms with Crippen LogP contribution in [0.15, 0.2) is 36.9 Å². The molecule has 1 rings (SSSR count). The van der Waals surface area contributed by atoms with E-state index < -0.39 is 22.6 Å². The zero-order chi connectivity index (χ0) is 18.9. The van der Waals surface area contributed by atoms with Crippen LogP contribution in [-0.2, 0) is 24.4 Å². The van der Waals surface area contributed by atoms with Crippen LogP contribution in [0, 0.1) is 10.1 Å². The average molecular weight is 351 g/mol. The number of allylic oxidation sites excluding steroid dienone is 1. The Balaban J connectivity index is 3.45. The summed E-state index contributed by atoms with van der Waals surface area (Å²) in [5, 5.41) is 11.5. The summed E-state index contributed by atoms with van der Waals surface area (Å²) in [4.78, 5) is 23.8. The van der Waals surface area contributed by atoms with E-state index >= 15 is 0 Å². The van der Waals surface area contributed by atoms with E-state index in [4.69, 9.17) is 14.2 Å². The maximum atomic E-state index is 12.8. The largest absolute Gasteiger partial charge is 0.465 e. The standard InChI is InChI=1S/C18H25NO6/c1-5-12-18(17(20)25-6-2,13-11-16(23-3)24-4)14-9-7-8-10-15(14)19(21)22/h5,7-10,16H,1,6,11-13H2,2-4H3. The highest BCUT2D eigenvalue weighted by molar-refractivity contribution is 5.85. The Bertz CT molecular complexity index is 599. The number of para-hydroxylation sites is 1. The molecule has 0 aliphatic carbocycles. The van der Waals surface area contributed by atoms with Crippen LogP contribution in [0.2, 0.25) is 0 Å². The van der Waals surface area contributed by atoms with Gasteiger partial charge in [0.15, 0.2) is 6.29 Å². The average Bonchev–Trinajstić information content (AvgIpc) is 2.61. The van der Waals surface area contributed by atoms with Crippen LogP contribution >= 0.6 is 0 Å². The van der Waals surface area contributed by atoms with Gasteiger partial charge in [-0.25, -0.2) is 0 Å². The number of hydrogen-bond acceptors (Lipinski definition) is 6. The molecule has 138 valence electrons. The lowest BCUT2D eigenvalue weighted by molar-refractivity contribution is -0.386. The molecule has 0 fully saturated rings. The van der Waals surface area contributed by atoms with Gasteiger partial charge in [0.2, 0.25) is 0 Å². The van der Waals surface area contributed by atoms with Crippen molar-refractivity contribution in [3.63, 3.8) is 0 Å². The smallest absolute Gasteiger partial charge is 0.317 e. The van der Waals surface area contributed by atoms with E-state index in [1.54, 1.807) is 31.2 Å². The normalized spacial score (nSPS) is 13.3. The summed E-state index contributed by atoms with van der Waals surface area (Å²) >= 11 is 0. The molecule has 1 aromatic rings. The van der Waals surface area contributed by atoms with Gasteiger partial charge in [0, 0.05) is 25.8 Å². The summed E-state index contributed by atoms with van der Waals surface area (Å²) in [6, 6.07) is 6.21. The molecule has 7 heteroatoms. The van der Waals surface area contributed by atoms with E-state index in [2.05, 4.69) is 6.58 Å². The van der Waals surface area contributed by atoms with Crippen molar-refractivity contribution in [3.05, 3.63) is 52.6 Å². The maximum absolute atomic E-state index is 12.8. The van der Waals surface area contributed by atoms with Crippen molar-refractivity contribution in [1.82, 2.24) is 0 Å². The van der Waals surface area contributed by atoms with Crippen molar-refractivity contribution in [2.45, 2.75) is 37.9 Å². The van der Waals surface area contributed by atoms with Gasteiger partial charge in [0.05, 0.1) is 11.5 Å². The summed E-state index contributed by atoms with van der Waals surface area (Å²) in [5.41, 5.74) is -1.04. The maximum Gasteiger partial charge on any atom is 0.317 e. The minimum Gasteiger partial charge on any atom is -0.465 e. The number of nitro benzene ring substituents is 1. The SMILES string of the molecule is C=CCC(CCC(OC)OC)(C(=O)OCC)c1ccccc1[N+](=O)[O-]. The van der Waals surface area contributed by atoms with Crippen LogP contribution in [0.25, 0.3) is 0 Å². The van der Waals surface area contributed by atoms with Crippen LogP contribution in [0.3, 0.4) is 0 Å². The molecule has 0 aliphatic rings. The molecule has 0 N–H and O–H groups in total. The molecule has 1 aromatic carbocycles. The van der Waals surface area contributed by atoms with Crippen molar-refractivity contribution in [2.75, 3.05) is 20.8 Å². The van der Waals surface area contributed by atoms with Crippen molar-refractivity contribution >= 4 is 11.7 Å². The molecule has 25 heavy (non-hydrogen) atoms. The lowest BCUT2D eigenvalue weighted by Gasteiger charge is -2.31. The molecule has 1 unspecified atom stereocenters. The van der Waals surface area contributed by atoms with E-state index in [-0.39, 0.29) is 25.1 Å². The van der Waals surface area contributed by atoms with Gasteiger partial charge >= 0.3 is 5.97 Å². The second-order valence-corrected chi connectivity index (χ2v) is 5.51. The molecule has 0 saturated carbocycles. The van der Waals surface area contributed by atoms with E-state index in [0.29, 0.717) is 12.0 Å². The Morgan fingerprint density at radius 1 is 1.36 bits per heavy atom. The molecule has 1 atom stereocenters. The van der Waals surface area contributed by atoms with E-state index in [9.17, 15) is 14.9 Å². The topological polar surface area (TPSA) is 87.9 Å². The lowest BCUT2D eigenvalue weighted by Crippen LogP contribution is -2.39. The third kappa shape index (κ3) is 4.87. The Kier molecular flexibility index (Phi) is 8.24. The van der Waals surface area contributed by atoms with Gasteiger partial charge < -0.3 is 14.2 Å². The first-order chi connectivity index (χ1) is 12.0. The second kappa shape index (κ2) is 9.90. The zero-order valence-corrected chi connectivity index (χ0v) is 14.9. The number of methoxy groups -OCH3 is 2. The number of nitro groups is 1. The van der Waals surface area contributed by atoms with Crippen molar-refractivity contribution in [3.8, 4) is 0 Å². The molecular weight excluding hydrogens is 326 g/mol. The molecule has 7 nitrogen and oxygen atoms in total. The van der Waals surface area contributed by atoms with Gasteiger partial charge in [-0.2, -0.15) is 0 Å². The quantitative estimate of drug-likeness (QED) is 0.200. The van der Waals surface area contributed by atoms with Crippen LogP contribution < -0.4 is 0 Å². The predicted molar refractivity (Wildman–Crippen MR) is 93.3 cm³/mol. The Hall–Kier alpha value is -2.25. The number of benzene rings is 1. The van der Waals surface area contributed by atoms with E-state index in [1.807, 2.05) is 0 Å². The number of carbonyl (C=O) groups is 1. The zero-order valence-electron chi connectivity index (χ0n) is 14.9. The number of ether oxygens (including phenoxy) is 3. The monoisotopic (exact) mass is 351 g/mol. The van der Waals surface area contributed by atoms with Crippen LogP contribution in [0.5, 0.6) is 0 Å². The number of rotatable bonds is 11. The summed E-state index contributed by atoms with van der Waals surface area (Å²) in [5.74, 6) is -0.518. The van der Waals surface area contributed by atoms with Gasteiger partial charge in [-0.1, -0.05) is 24.3 Å². The van der Waals surface area contributed by atoms with E-state index in [1.165, 1.54) is 20.3 Å². The third-order valence-electron chi connectivity index (χ3n) is 4.11. The summed E-state index contributed by atoms with van der Waals surface area (Å²) < 4.78 is 15.6. The first-order valence-electron chi connectivity index (χ1n) is 8.04. The van der Waals surface area contributed by atoms with Crippen molar-refractivity contribution in [1.29, 1.82) is 0 Å². The second-order valence-electron chi connectivity index (χ2n) is 5.51. The number of carbonyl (C=O) groups excluding carboxylic acids is 1. The summed E-state index contributed by atoms with van der Waals surface area (Å²) in [6.07, 6.45) is 1.88. The minimum absolute atomic E-state index is 0.121. The predicted octanol–water partition coefficient (Wildman–Crippen LogP) is 3.37. The van der Waals surface area contributed by atoms with Gasteiger partial charge in [-0.3, -0.25) is 14.9 Å². The van der Waals surface area contributed by atoms with Gasteiger partial charge in [-0.05, 0) is 26.2 Å². The molecule has 0 spiro atoms. The minimum atomic E-state index is -1.23. The van der Waals surface area contributed by atoms with Crippen molar-refractivity contribution in [2.24, 2.45) is 0 Å². The molecule has 0 saturated heterocycles. The van der Waals surface area contributed by atoms with Gasteiger partial charge in [0.1, 0.15) is 5.41 Å². The van der Waals surface area contributed by atoms with Gasteiger partial charge in [-0.15, -0.1) is 6.58 Å². The first kappa shape index (κ1) is 20.8. The lowest BCUT2D eigenvalue weighted by atomic mass is 9.73. The van der Waals surface area contributed by atoms with Crippen LogP contribution in [-0.4, -0.2) is 38.0 Å². The highest BCUT2D eigenvalue weighted by atomic mass is 16.7. The third-order valence-corrected chi connectivity index (χ3v) is 4.11. The Morgan fingerprint density at radius 3 is 2.52 bits per heavy atom. The van der Waals surface area contributed by atoms with Crippen molar-refractivity contribution < 1.29 is 23.9 Å². The fraction of sp³-hybridized carbons (Fsp3) is 0.500. The number of esters is 1. The van der Waals surface area contributed by atoms with Gasteiger partial charge in [0.25, 0.3) is 5.69 Å². The Morgan fingerprint density at radius 2 is 2.00 bits per heavy atom. The summed E-state index contributed by atoms with van der Waals surface area (Å²) in [6.45, 7) is 5.59. The highest BCUT2D eigenvalue weighted by Gasteiger charge is 2.44. The molecule has 0 bridgehead atoms. The van der Waals surface area contributed by atoms with Crippen LogP contribution in [0.4, 0.5) is 5.69 Å².